The van der Waals surface area contributed by atoms with E-state index in [0.29, 0.717) is 12.3 Å². The molecule has 18 heavy (non-hydrogen) atoms. The highest BCUT2D eigenvalue weighted by atomic mass is 16.3. The average Bonchev–Trinajstić information content (AvgIpc) is 2.54. The Morgan fingerprint density at radius 2 is 2.11 bits per heavy atom. The zero-order valence-electron chi connectivity index (χ0n) is 12.0. The lowest BCUT2D eigenvalue weighted by Gasteiger charge is -2.31. The molecule has 1 aliphatic rings. The van der Waals surface area contributed by atoms with Gasteiger partial charge >= 0.3 is 0 Å². The maximum atomic E-state index is 12.3. The number of likely N-dealkylation sites (tertiary alicyclic amines) is 1. The molecule has 0 aromatic carbocycles. The number of rotatable bonds is 6. The Hall–Kier alpha value is -0.570. The lowest BCUT2D eigenvalue weighted by atomic mass is 10.0. The van der Waals surface area contributed by atoms with Gasteiger partial charge in [-0.3, -0.25) is 4.79 Å². The number of aliphatic hydroxyl groups excluding tert-OH is 1. The van der Waals surface area contributed by atoms with Gasteiger partial charge in [0.15, 0.2) is 0 Å². The van der Waals surface area contributed by atoms with Gasteiger partial charge in [0.2, 0.25) is 5.91 Å². The van der Waals surface area contributed by atoms with E-state index >= 15 is 0 Å². The van der Waals surface area contributed by atoms with E-state index in [1.165, 1.54) is 12.8 Å². The summed E-state index contributed by atoms with van der Waals surface area (Å²) >= 11 is 0. The molecular weight excluding hydrogens is 226 g/mol. The number of aliphatic hydroxyl groups is 1. The third-order valence-electron chi connectivity index (χ3n) is 3.80. The molecule has 2 unspecified atom stereocenters. The normalized spacial score (nSPS) is 22.6. The van der Waals surface area contributed by atoms with Crippen LogP contribution >= 0.6 is 0 Å². The minimum Gasteiger partial charge on any atom is -0.393 e. The Morgan fingerprint density at radius 3 is 2.78 bits per heavy atom. The van der Waals surface area contributed by atoms with Crippen molar-refractivity contribution < 1.29 is 9.90 Å². The standard InChI is InChI=1S/C15H29NO2/c1-3-4-6-10-15(18)16-11-8-5-7-9-14(16)12-13(2)17/h13-14,17H,3-12H2,1-2H3. The summed E-state index contributed by atoms with van der Waals surface area (Å²) in [6.45, 7) is 4.87. The molecule has 0 bridgehead atoms. The van der Waals surface area contributed by atoms with E-state index in [-0.39, 0.29) is 12.1 Å². The first-order valence-corrected chi connectivity index (χ1v) is 7.62. The van der Waals surface area contributed by atoms with E-state index in [0.717, 1.165) is 45.1 Å². The molecule has 1 saturated heterocycles. The van der Waals surface area contributed by atoms with Gasteiger partial charge in [-0.05, 0) is 32.6 Å². The fourth-order valence-corrected chi connectivity index (χ4v) is 2.81. The van der Waals surface area contributed by atoms with Crippen molar-refractivity contribution >= 4 is 5.91 Å². The second-order valence-electron chi connectivity index (χ2n) is 5.63. The molecule has 1 rings (SSSR count). The second kappa shape index (κ2) is 8.52. The molecule has 0 saturated carbocycles. The monoisotopic (exact) mass is 255 g/mol. The van der Waals surface area contributed by atoms with Crippen molar-refractivity contribution in [1.82, 2.24) is 4.90 Å². The van der Waals surface area contributed by atoms with Gasteiger partial charge in [0.05, 0.1) is 6.10 Å². The average molecular weight is 255 g/mol. The molecule has 3 nitrogen and oxygen atoms in total. The molecule has 1 heterocycles. The van der Waals surface area contributed by atoms with Crippen LogP contribution in [0.2, 0.25) is 0 Å². The van der Waals surface area contributed by atoms with Gasteiger partial charge in [0.1, 0.15) is 0 Å². The third kappa shape index (κ3) is 5.38. The summed E-state index contributed by atoms with van der Waals surface area (Å²) < 4.78 is 0. The van der Waals surface area contributed by atoms with Crippen molar-refractivity contribution in [1.29, 1.82) is 0 Å². The lowest BCUT2D eigenvalue weighted by Crippen LogP contribution is -2.41. The highest BCUT2D eigenvalue weighted by Gasteiger charge is 2.25. The Morgan fingerprint density at radius 1 is 1.33 bits per heavy atom. The van der Waals surface area contributed by atoms with Crippen LogP contribution < -0.4 is 0 Å². The first-order valence-electron chi connectivity index (χ1n) is 7.62. The molecule has 1 N–H and O–H groups in total. The van der Waals surface area contributed by atoms with Gasteiger partial charge < -0.3 is 10.0 Å². The zero-order chi connectivity index (χ0) is 13.4. The van der Waals surface area contributed by atoms with E-state index in [1.54, 1.807) is 0 Å². The summed E-state index contributed by atoms with van der Waals surface area (Å²) in [4.78, 5) is 14.3. The molecule has 0 aliphatic carbocycles. The van der Waals surface area contributed by atoms with Gasteiger partial charge in [-0.15, -0.1) is 0 Å². The molecule has 106 valence electrons. The van der Waals surface area contributed by atoms with Crippen LogP contribution in [0.5, 0.6) is 0 Å². The van der Waals surface area contributed by atoms with E-state index in [9.17, 15) is 9.90 Å². The molecular formula is C15H29NO2. The number of unbranched alkanes of at least 4 members (excludes halogenated alkanes) is 2. The molecule has 2 atom stereocenters. The van der Waals surface area contributed by atoms with Crippen molar-refractivity contribution in [3.8, 4) is 0 Å². The quantitative estimate of drug-likeness (QED) is 0.741. The van der Waals surface area contributed by atoms with Crippen molar-refractivity contribution in [2.75, 3.05) is 6.54 Å². The number of carbonyl (C=O) groups is 1. The van der Waals surface area contributed by atoms with Crippen LogP contribution in [0.15, 0.2) is 0 Å². The number of amides is 1. The summed E-state index contributed by atoms with van der Waals surface area (Å²) in [5.74, 6) is 0.302. The summed E-state index contributed by atoms with van der Waals surface area (Å²) in [6, 6.07) is 0.265. The maximum absolute atomic E-state index is 12.3. The zero-order valence-corrected chi connectivity index (χ0v) is 12.0. The topological polar surface area (TPSA) is 40.5 Å². The number of nitrogens with zero attached hydrogens (tertiary/aromatic N) is 1. The van der Waals surface area contributed by atoms with Crippen LogP contribution in [0.3, 0.4) is 0 Å². The van der Waals surface area contributed by atoms with Crippen LogP contribution in [0.4, 0.5) is 0 Å². The molecule has 1 amide bonds. The Kier molecular flexibility index (Phi) is 7.33. The van der Waals surface area contributed by atoms with Crippen molar-refractivity contribution in [3.63, 3.8) is 0 Å². The third-order valence-corrected chi connectivity index (χ3v) is 3.80. The second-order valence-corrected chi connectivity index (χ2v) is 5.63. The Labute approximate surface area is 112 Å². The van der Waals surface area contributed by atoms with Gasteiger partial charge in [-0.2, -0.15) is 0 Å². The Balaban J connectivity index is 2.52. The highest BCUT2D eigenvalue weighted by molar-refractivity contribution is 5.76. The lowest BCUT2D eigenvalue weighted by molar-refractivity contribution is -0.134. The fourth-order valence-electron chi connectivity index (χ4n) is 2.81. The first-order chi connectivity index (χ1) is 8.65. The van der Waals surface area contributed by atoms with Crippen LogP contribution in [-0.4, -0.2) is 34.6 Å². The van der Waals surface area contributed by atoms with Crippen molar-refractivity contribution in [2.45, 2.75) is 83.8 Å². The molecule has 0 spiro atoms. The summed E-state index contributed by atoms with van der Waals surface area (Å²) in [7, 11) is 0. The summed E-state index contributed by atoms with van der Waals surface area (Å²) in [5, 5.41) is 9.57. The van der Waals surface area contributed by atoms with Gasteiger partial charge in [0, 0.05) is 19.0 Å². The van der Waals surface area contributed by atoms with Crippen LogP contribution in [0.25, 0.3) is 0 Å². The van der Waals surface area contributed by atoms with E-state index in [1.807, 2.05) is 6.92 Å². The predicted octanol–water partition coefficient (Wildman–Crippen LogP) is 3.11. The van der Waals surface area contributed by atoms with Crippen LogP contribution in [-0.2, 0) is 4.79 Å². The number of hydrogen-bond acceptors (Lipinski definition) is 2. The summed E-state index contributed by atoms with van der Waals surface area (Å²) in [6.07, 6.45) is 9.01. The fraction of sp³-hybridized carbons (Fsp3) is 0.933. The maximum Gasteiger partial charge on any atom is 0.222 e. The van der Waals surface area contributed by atoms with E-state index < -0.39 is 0 Å². The molecule has 0 radical (unpaired) electrons. The molecule has 1 aliphatic heterocycles. The molecule has 3 heteroatoms. The SMILES string of the molecule is CCCCCC(=O)N1CCCCCC1CC(C)O. The number of hydrogen-bond donors (Lipinski definition) is 1. The van der Waals surface area contributed by atoms with Crippen LogP contribution in [0.1, 0.15) is 71.6 Å². The predicted molar refractivity (Wildman–Crippen MR) is 74.4 cm³/mol. The summed E-state index contributed by atoms with van der Waals surface area (Å²) in [5.41, 5.74) is 0. The van der Waals surface area contributed by atoms with Gasteiger partial charge in [0.25, 0.3) is 0 Å². The largest absolute Gasteiger partial charge is 0.393 e. The molecule has 1 fully saturated rings. The van der Waals surface area contributed by atoms with Gasteiger partial charge in [-0.25, -0.2) is 0 Å². The minimum atomic E-state index is -0.306. The highest BCUT2D eigenvalue weighted by Crippen LogP contribution is 2.22. The van der Waals surface area contributed by atoms with E-state index in [2.05, 4.69) is 11.8 Å². The smallest absolute Gasteiger partial charge is 0.222 e. The van der Waals surface area contributed by atoms with Crippen molar-refractivity contribution in [2.24, 2.45) is 0 Å². The van der Waals surface area contributed by atoms with Gasteiger partial charge in [-0.1, -0.05) is 32.6 Å². The molecule has 0 aromatic rings. The number of carbonyl (C=O) groups excluding carboxylic acids is 1. The van der Waals surface area contributed by atoms with Crippen molar-refractivity contribution in [3.05, 3.63) is 0 Å². The Bertz CT molecular complexity index is 241. The van der Waals surface area contributed by atoms with Crippen LogP contribution in [0, 0.1) is 0 Å². The van der Waals surface area contributed by atoms with E-state index in [4.69, 9.17) is 0 Å². The molecule has 0 aromatic heterocycles. The first kappa shape index (κ1) is 15.5. The minimum absolute atomic E-state index is 0.265.